The van der Waals surface area contributed by atoms with Crippen molar-refractivity contribution in [1.82, 2.24) is 10.2 Å². The van der Waals surface area contributed by atoms with E-state index in [1.165, 1.54) is 0 Å². The lowest BCUT2D eigenvalue weighted by Crippen LogP contribution is -2.38. The van der Waals surface area contributed by atoms with Crippen molar-refractivity contribution in [3.8, 4) is 0 Å². The minimum Gasteiger partial charge on any atom is -0.444 e. The molecule has 0 radical (unpaired) electrons. The van der Waals surface area contributed by atoms with Crippen LogP contribution >= 0.6 is 0 Å². The number of halogens is 2. The minimum atomic E-state index is -2.33. The van der Waals surface area contributed by atoms with E-state index >= 15 is 0 Å². The van der Waals surface area contributed by atoms with Gasteiger partial charge in [-0.1, -0.05) is 0 Å². The summed E-state index contributed by atoms with van der Waals surface area (Å²) in [6.45, 7) is 6.38. The average molecular weight is 278 g/mol. The van der Waals surface area contributed by atoms with E-state index in [0.29, 0.717) is 19.5 Å². The second-order valence-electron chi connectivity index (χ2n) is 5.89. The monoisotopic (exact) mass is 278 g/mol. The molecule has 1 fully saturated rings. The minimum absolute atomic E-state index is 0.0569. The number of amides is 1. The molecule has 1 saturated heterocycles. The van der Waals surface area contributed by atoms with Gasteiger partial charge in [-0.3, -0.25) is 0 Å². The summed E-state index contributed by atoms with van der Waals surface area (Å²) in [6, 6.07) is 0.0569. The van der Waals surface area contributed by atoms with Crippen LogP contribution in [0.4, 0.5) is 13.6 Å². The fourth-order valence-corrected chi connectivity index (χ4v) is 2.07. The van der Waals surface area contributed by atoms with Crippen LogP contribution in [0.5, 0.6) is 0 Å². The molecule has 1 amide bonds. The lowest BCUT2D eigenvalue weighted by molar-refractivity contribution is 0.0255. The van der Waals surface area contributed by atoms with Crippen LogP contribution in [0.2, 0.25) is 0 Å². The van der Waals surface area contributed by atoms with E-state index < -0.39 is 12.0 Å². The van der Waals surface area contributed by atoms with Crippen LogP contribution in [-0.4, -0.2) is 48.7 Å². The first kappa shape index (κ1) is 16.1. The molecule has 1 rings (SSSR count). The number of rotatable bonds is 3. The van der Waals surface area contributed by atoms with Crippen molar-refractivity contribution in [3.63, 3.8) is 0 Å². The molecular weight excluding hydrogens is 254 g/mol. The molecule has 0 bridgehead atoms. The van der Waals surface area contributed by atoms with Crippen molar-refractivity contribution in [1.29, 1.82) is 0 Å². The van der Waals surface area contributed by atoms with Crippen LogP contribution in [-0.2, 0) is 4.74 Å². The molecule has 0 aromatic heterocycles. The summed E-state index contributed by atoms with van der Waals surface area (Å²) in [5.41, 5.74) is -0.503. The van der Waals surface area contributed by atoms with E-state index in [9.17, 15) is 13.6 Å². The van der Waals surface area contributed by atoms with Crippen molar-refractivity contribution in [2.45, 2.75) is 58.1 Å². The molecule has 1 aliphatic heterocycles. The second kappa shape index (κ2) is 7.03. The van der Waals surface area contributed by atoms with Gasteiger partial charge in [-0.2, -0.15) is 0 Å². The third-order valence-corrected chi connectivity index (χ3v) is 2.94. The van der Waals surface area contributed by atoms with Crippen molar-refractivity contribution >= 4 is 6.09 Å². The Labute approximate surface area is 113 Å². The SMILES string of the molecule is CC(C)(C)OC(=O)N1CCCC(NCC(F)F)CC1. The fraction of sp³-hybridized carbons (Fsp3) is 0.923. The normalized spacial score (nSPS) is 21.4. The Hall–Kier alpha value is -0.910. The van der Waals surface area contributed by atoms with E-state index in [1.807, 2.05) is 20.8 Å². The second-order valence-corrected chi connectivity index (χ2v) is 5.89. The number of hydrogen-bond donors (Lipinski definition) is 1. The average Bonchev–Trinajstić information content (AvgIpc) is 2.49. The van der Waals surface area contributed by atoms with Gasteiger partial charge < -0.3 is 15.0 Å². The zero-order valence-electron chi connectivity index (χ0n) is 11.9. The Morgan fingerprint density at radius 1 is 1.37 bits per heavy atom. The summed E-state index contributed by atoms with van der Waals surface area (Å²) in [6.07, 6.45) is -0.342. The first-order valence-corrected chi connectivity index (χ1v) is 6.77. The molecule has 6 heteroatoms. The summed E-state index contributed by atoms with van der Waals surface area (Å²) >= 11 is 0. The van der Waals surface area contributed by atoms with E-state index in [-0.39, 0.29) is 18.7 Å². The molecule has 1 N–H and O–H groups in total. The Kier molecular flexibility index (Phi) is 5.97. The number of nitrogens with one attached hydrogen (secondary N) is 1. The van der Waals surface area contributed by atoms with Gasteiger partial charge in [0.15, 0.2) is 0 Å². The molecule has 19 heavy (non-hydrogen) atoms. The topological polar surface area (TPSA) is 41.6 Å². The van der Waals surface area contributed by atoms with E-state index in [1.54, 1.807) is 4.90 Å². The summed E-state index contributed by atoms with van der Waals surface area (Å²) in [4.78, 5) is 13.6. The van der Waals surface area contributed by atoms with Gasteiger partial charge in [-0.15, -0.1) is 0 Å². The maximum absolute atomic E-state index is 12.1. The lowest BCUT2D eigenvalue weighted by Gasteiger charge is -2.26. The maximum Gasteiger partial charge on any atom is 0.410 e. The summed E-state index contributed by atoms with van der Waals surface area (Å²) in [5, 5.41) is 2.84. The molecule has 0 saturated carbocycles. The quantitative estimate of drug-likeness (QED) is 0.863. The highest BCUT2D eigenvalue weighted by Gasteiger charge is 2.25. The van der Waals surface area contributed by atoms with Gasteiger partial charge in [0.05, 0.1) is 6.54 Å². The van der Waals surface area contributed by atoms with Gasteiger partial charge in [0, 0.05) is 19.1 Å². The standard InChI is InChI=1S/C13H24F2N2O2/c1-13(2,3)19-12(18)17-7-4-5-10(6-8-17)16-9-11(14)15/h10-11,16H,4-9H2,1-3H3. The zero-order valence-corrected chi connectivity index (χ0v) is 11.9. The summed E-state index contributed by atoms with van der Waals surface area (Å²) in [7, 11) is 0. The van der Waals surface area contributed by atoms with Gasteiger partial charge in [0.1, 0.15) is 5.60 Å². The van der Waals surface area contributed by atoms with Crippen molar-refractivity contribution in [2.24, 2.45) is 0 Å². The van der Waals surface area contributed by atoms with Crippen molar-refractivity contribution in [2.75, 3.05) is 19.6 Å². The predicted molar refractivity (Wildman–Crippen MR) is 69.5 cm³/mol. The zero-order chi connectivity index (χ0) is 14.5. The van der Waals surface area contributed by atoms with Crippen molar-refractivity contribution in [3.05, 3.63) is 0 Å². The molecule has 0 aliphatic carbocycles. The molecule has 1 unspecified atom stereocenters. The molecule has 1 aliphatic rings. The van der Waals surface area contributed by atoms with Gasteiger partial charge >= 0.3 is 6.09 Å². The maximum atomic E-state index is 12.1. The third kappa shape index (κ3) is 6.71. The third-order valence-electron chi connectivity index (χ3n) is 2.94. The number of hydrogen-bond acceptors (Lipinski definition) is 3. The molecule has 1 atom stereocenters. The number of alkyl halides is 2. The highest BCUT2D eigenvalue weighted by molar-refractivity contribution is 5.68. The molecule has 4 nitrogen and oxygen atoms in total. The highest BCUT2D eigenvalue weighted by atomic mass is 19.3. The van der Waals surface area contributed by atoms with Crippen LogP contribution in [0.25, 0.3) is 0 Å². The van der Waals surface area contributed by atoms with Gasteiger partial charge in [-0.05, 0) is 40.0 Å². The number of carbonyl (C=O) groups is 1. The van der Waals surface area contributed by atoms with Crippen LogP contribution in [0.3, 0.4) is 0 Å². The largest absolute Gasteiger partial charge is 0.444 e. The smallest absolute Gasteiger partial charge is 0.410 e. The van der Waals surface area contributed by atoms with Crippen LogP contribution in [0.15, 0.2) is 0 Å². The Balaban J connectivity index is 2.39. The van der Waals surface area contributed by atoms with Gasteiger partial charge in [0.2, 0.25) is 0 Å². The number of carbonyl (C=O) groups excluding carboxylic acids is 1. The highest BCUT2D eigenvalue weighted by Crippen LogP contribution is 2.15. The molecule has 1 heterocycles. The number of ether oxygens (including phenoxy) is 1. The lowest BCUT2D eigenvalue weighted by atomic mass is 10.1. The number of nitrogens with zero attached hydrogens (tertiary/aromatic N) is 1. The molecule has 0 aromatic carbocycles. The van der Waals surface area contributed by atoms with Crippen LogP contribution in [0.1, 0.15) is 40.0 Å². The fourth-order valence-electron chi connectivity index (χ4n) is 2.07. The van der Waals surface area contributed by atoms with Crippen LogP contribution in [0, 0.1) is 0 Å². The summed E-state index contributed by atoms with van der Waals surface area (Å²) in [5.74, 6) is 0. The van der Waals surface area contributed by atoms with E-state index in [4.69, 9.17) is 4.74 Å². The molecular formula is C13H24F2N2O2. The Morgan fingerprint density at radius 3 is 2.63 bits per heavy atom. The van der Waals surface area contributed by atoms with Crippen LogP contribution < -0.4 is 5.32 Å². The molecule has 0 spiro atoms. The van der Waals surface area contributed by atoms with Crippen molar-refractivity contribution < 1.29 is 18.3 Å². The molecule has 112 valence electrons. The van der Waals surface area contributed by atoms with E-state index in [0.717, 1.165) is 12.8 Å². The first-order chi connectivity index (χ1) is 8.78. The van der Waals surface area contributed by atoms with E-state index in [2.05, 4.69) is 5.32 Å². The first-order valence-electron chi connectivity index (χ1n) is 6.77. The Bertz CT molecular complexity index is 293. The van der Waals surface area contributed by atoms with Gasteiger partial charge in [-0.25, -0.2) is 13.6 Å². The number of likely N-dealkylation sites (tertiary alicyclic amines) is 1. The van der Waals surface area contributed by atoms with Gasteiger partial charge in [0.25, 0.3) is 6.43 Å². The summed E-state index contributed by atoms with van der Waals surface area (Å²) < 4.78 is 29.6. The molecule has 0 aromatic rings. The predicted octanol–water partition coefficient (Wildman–Crippen LogP) is 2.63. The Morgan fingerprint density at radius 2 is 2.05 bits per heavy atom.